The number of aromatic nitrogens is 3. The van der Waals surface area contributed by atoms with E-state index in [1.165, 1.54) is 34.2 Å². The molecule has 3 unspecified atom stereocenters. The summed E-state index contributed by atoms with van der Waals surface area (Å²) in [5.74, 6) is -5.30. The second-order valence-corrected chi connectivity index (χ2v) is 12.6. The van der Waals surface area contributed by atoms with Crippen LogP contribution in [0, 0.1) is 11.8 Å². The number of carboxylic acids is 1. The highest BCUT2D eigenvalue weighted by molar-refractivity contribution is 7.19. The molecule has 0 radical (unpaired) electrons. The van der Waals surface area contributed by atoms with Crippen molar-refractivity contribution in [3.05, 3.63) is 57.7 Å². The van der Waals surface area contributed by atoms with Gasteiger partial charge >= 0.3 is 12.1 Å². The van der Waals surface area contributed by atoms with E-state index in [0.29, 0.717) is 27.9 Å². The second-order valence-electron chi connectivity index (χ2n) is 10.9. The molecule has 16 heteroatoms. The monoisotopic (exact) mass is 652 g/mol. The number of carboxylic acid groups (broad SMARTS) is 1. The summed E-state index contributed by atoms with van der Waals surface area (Å²) in [5.41, 5.74) is 5.64. The minimum absolute atomic E-state index is 0.000710. The summed E-state index contributed by atoms with van der Waals surface area (Å²) in [6.07, 6.45) is -4.88. The molecule has 0 saturated carbocycles. The van der Waals surface area contributed by atoms with Crippen LogP contribution in [0.4, 0.5) is 13.2 Å². The van der Waals surface area contributed by atoms with Gasteiger partial charge in [0.05, 0.1) is 27.2 Å². The topological polar surface area (TPSA) is 157 Å². The van der Waals surface area contributed by atoms with Crippen LogP contribution in [-0.4, -0.2) is 74.1 Å². The van der Waals surface area contributed by atoms with Crippen molar-refractivity contribution in [3.63, 3.8) is 0 Å². The number of primary amides is 1. The Balaban J connectivity index is 1.41. The molecule has 2 amide bonds. The fourth-order valence-electron chi connectivity index (χ4n) is 5.52. The van der Waals surface area contributed by atoms with E-state index in [9.17, 15) is 32.7 Å². The van der Waals surface area contributed by atoms with E-state index >= 15 is 0 Å². The average molecular weight is 653 g/mol. The molecule has 11 nitrogen and oxygen atoms in total. The van der Waals surface area contributed by atoms with Crippen molar-refractivity contribution in [3.8, 4) is 10.6 Å². The number of halogens is 4. The number of aromatic carboxylic acids is 1. The molecule has 1 aliphatic rings. The van der Waals surface area contributed by atoms with Crippen LogP contribution in [0.2, 0.25) is 4.34 Å². The van der Waals surface area contributed by atoms with Gasteiger partial charge in [-0.2, -0.15) is 18.3 Å². The second kappa shape index (κ2) is 12.2. The molecule has 0 bridgehead atoms. The van der Waals surface area contributed by atoms with Gasteiger partial charge in [0.1, 0.15) is 11.7 Å². The summed E-state index contributed by atoms with van der Waals surface area (Å²) >= 11 is 7.28. The van der Waals surface area contributed by atoms with E-state index in [1.807, 2.05) is 18.7 Å². The molecule has 4 N–H and O–H groups in total. The summed E-state index contributed by atoms with van der Waals surface area (Å²) in [7, 11) is 0. The SMILES string of the molecule is CC(C)N1CCC(C(NC(=O)c2ccc3c(c2)c(C(=O)O)nn3Cc2cc(-c3ccc(Cl)s3)on2)C(F)(F)F)C(C(N)=O)C1. The fourth-order valence-corrected chi connectivity index (χ4v) is 6.51. The summed E-state index contributed by atoms with van der Waals surface area (Å²) in [6, 6.07) is 6.64. The Morgan fingerprint density at radius 2 is 1.98 bits per heavy atom. The number of carbonyl (C=O) groups is 3. The number of nitrogens with two attached hydrogens (primary N) is 1. The van der Waals surface area contributed by atoms with E-state index in [1.54, 1.807) is 18.2 Å². The molecule has 234 valence electrons. The van der Waals surface area contributed by atoms with Gasteiger partial charge in [0, 0.05) is 35.5 Å². The third kappa shape index (κ3) is 6.44. The zero-order valence-corrected chi connectivity index (χ0v) is 25.0. The highest BCUT2D eigenvalue weighted by atomic mass is 35.5. The lowest BCUT2D eigenvalue weighted by molar-refractivity contribution is -0.175. The first-order chi connectivity index (χ1) is 20.7. The van der Waals surface area contributed by atoms with Gasteiger partial charge < -0.3 is 25.6 Å². The van der Waals surface area contributed by atoms with Gasteiger partial charge in [-0.15, -0.1) is 11.3 Å². The number of nitrogens with zero attached hydrogens (tertiary/aromatic N) is 4. The van der Waals surface area contributed by atoms with E-state index in [-0.39, 0.29) is 36.5 Å². The van der Waals surface area contributed by atoms with Gasteiger partial charge in [0.25, 0.3) is 5.91 Å². The number of piperidine rings is 1. The van der Waals surface area contributed by atoms with Gasteiger partial charge in [-0.3, -0.25) is 14.3 Å². The van der Waals surface area contributed by atoms with Gasteiger partial charge in [0.2, 0.25) is 5.91 Å². The number of hydrogen-bond donors (Lipinski definition) is 3. The Hall–Kier alpha value is -3.95. The molecule has 1 aliphatic heterocycles. The third-order valence-electron chi connectivity index (χ3n) is 7.76. The highest BCUT2D eigenvalue weighted by Crippen LogP contribution is 2.36. The number of benzene rings is 1. The first-order valence-corrected chi connectivity index (χ1v) is 14.8. The Morgan fingerprint density at radius 1 is 1.23 bits per heavy atom. The Bertz CT molecular complexity index is 1720. The fraction of sp³-hybridized carbons (Fsp3) is 0.393. The van der Waals surface area contributed by atoms with Crippen LogP contribution in [-0.2, 0) is 11.3 Å². The number of alkyl halides is 3. The first-order valence-electron chi connectivity index (χ1n) is 13.6. The number of carbonyl (C=O) groups excluding carboxylic acids is 2. The van der Waals surface area contributed by atoms with E-state index in [2.05, 4.69) is 15.6 Å². The largest absolute Gasteiger partial charge is 0.476 e. The lowest BCUT2D eigenvalue weighted by atomic mass is 9.79. The van der Waals surface area contributed by atoms with E-state index in [4.69, 9.17) is 21.9 Å². The standard InChI is InChI=1S/C28H28ClF3N6O5S/c1-13(2)37-8-7-16(18(12-37)25(33)39)24(28(30,31)32)34-26(40)14-3-4-19-17(9-14)23(27(41)42)35-38(19)11-15-10-20(43-36-15)21-5-6-22(29)44-21/h3-6,9-10,13,16,18,24H,7-8,11-12H2,1-2H3,(H2,33,39)(H,34,40)(H,41,42). The number of amides is 2. The normalized spacial score (nSPS) is 18.5. The van der Waals surface area contributed by atoms with Crippen LogP contribution in [0.3, 0.4) is 0 Å². The van der Waals surface area contributed by atoms with Crippen molar-refractivity contribution in [2.45, 2.75) is 45.1 Å². The molecular weight excluding hydrogens is 625 g/mol. The predicted molar refractivity (Wildman–Crippen MR) is 155 cm³/mol. The maximum Gasteiger partial charge on any atom is 0.408 e. The van der Waals surface area contributed by atoms with Crippen molar-refractivity contribution < 1.29 is 37.2 Å². The van der Waals surface area contributed by atoms with Crippen LogP contribution >= 0.6 is 22.9 Å². The zero-order valence-electron chi connectivity index (χ0n) is 23.5. The number of nitrogens with one attached hydrogen (secondary N) is 1. The van der Waals surface area contributed by atoms with Crippen LogP contribution in [0.5, 0.6) is 0 Å². The van der Waals surface area contributed by atoms with Crippen LogP contribution in [0.1, 0.15) is 46.8 Å². The molecule has 1 saturated heterocycles. The molecule has 44 heavy (non-hydrogen) atoms. The maximum absolute atomic E-state index is 14.3. The van der Waals surface area contributed by atoms with Crippen LogP contribution in [0.15, 0.2) is 40.9 Å². The number of fused-ring (bicyclic) bond motifs is 1. The van der Waals surface area contributed by atoms with Crippen molar-refractivity contribution in [2.24, 2.45) is 17.6 Å². The molecule has 3 aromatic heterocycles. The number of likely N-dealkylation sites (tertiary alicyclic amines) is 1. The smallest absolute Gasteiger partial charge is 0.408 e. The lowest BCUT2D eigenvalue weighted by Gasteiger charge is -2.42. The number of hydrogen-bond acceptors (Lipinski definition) is 8. The van der Waals surface area contributed by atoms with Gasteiger partial charge in [0.15, 0.2) is 11.5 Å². The van der Waals surface area contributed by atoms with Crippen LogP contribution in [0.25, 0.3) is 21.5 Å². The minimum atomic E-state index is -4.87. The molecule has 3 atom stereocenters. The predicted octanol–water partition coefficient (Wildman–Crippen LogP) is 4.65. The summed E-state index contributed by atoms with van der Waals surface area (Å²) in [6.45, 7) is 4.10. The third-order valence-corrected chi connectivity index (χ3v) is 9.01. The summed E-state index contributed by atoms with van der Waals surface area (Å²) in [5, 5.41) is 20.0. The maximum atomic E-state index is 14.3. The Labute approximate surface area is 257 Å². The Morgan fingerprint density at radius 3 is 2.59 bits per heavy atom. The van der Waals surface area contributed by atoms with Gasteiger partial charge in [-0.1, -0.05) is 16.8 Å². The number of rotatable bonds is 9. The molecular formula is C28H28ClF3N6O5S. The average Bonchev–Trinajstić information content (AvgIpc) is 3.69. The molecule has 0 aliphatic carbocycles. The molecule has 0 spiro atoms. The van der Waals surface area contributed by atoms with Gasteiger partial charge in [-0.25, -0.2) is 4.79 Å². The summed E-state index contributed by atoms with van der Waals surface area (Å²) < 4.78 is 50.3. The van der Waals surface area contributed by atoms with Gasteiger partial charge in [-0.05, 0) is 57.1 Å². The first kappa shape index (κ1) is 31.5. The van der Waals surface area contributed by atoms with Crippen molar-refractivity contribution in [2.75, 3.05) is 13.1 Å². The number of thiophene rings is 1. The van der Waals surface area contributed by atoms with Crippen molar-refractivity contribution >= 4 is 51.6 Å². The Kier molecular flexibility index (Phi) is 8.73. The molecule has 4 aromatic rings. The highest BCUT2D eigenvalue weighted by Gasteiger charge is 2.51. The quantitative estimate of drug-likeness (QED) is 0.236. The summed E-state index contributed by atoms with van der Waals surface area (Å²) in [4.78, 5) is 40.1. The molecule has 4 heterocycles. The van der Waals surface area contributed by atoms with Crippen LogP contribution < -0.4 is 11.1 Å². The van der Waals surface area contributed by atoms with E-state index in [0.717, 1.165) is 4.88 Å². The van der Waals surface area contributed by atoms with E-state index < -0.39 is 47.5 Å². The molecule has 1 fully saturated rings. The van der Waals surface area contributed by atoms with Crippen molar-refractivity contribution in [1.82, 2.24) is 25.2 Å². The van der Waals surface area contributed by atoms with Crippen molar-refractivity contribution in [1.29, 1.82) is 0 Å². The molecule has 1 aromatic carbocycles. The molecule has 5 rings (SSSR count). The zero-order chi connectivity index (χ0) is 31.9. The minimum Gasteiger partial charge on any atom is -0.476 e. The lowest BCUT2D eigenvalue weighted by Crippen LogP contribution is -2.59.